The van der Waals surface area contributed by atoms with Crippen molar-refractivity contribution in [2.75, 3.05) is 25.5 Å². The number of hydrogen-bond donors (Lipinski definition) is 2. The SMILES string of the molecule is COc1ccc(C(=O)N2CCC[C@@](C(N)=O)(c3ccccn3)C2)cc1NCc1ccncc1. The van der Waals surface area contributed by atoms with E-state index >= 15 is 0 Å². The number of pyridine rings is 2. The first-order valence-electron chi connectivity index (χ1n) is 10.8. The molecule has 1 atom stereocenters. The molecule has 170 valence electrons. The second-order valence-corrected chi connectivity index (χ2v) is 8.12. The number of nitrogens with one attached hydrogen (secondary N) is 1. The number of rotatable bonds is 7. The molecule has 0 bridgehead atoms. The highest BCUT2D eigenvalue weighted by atomic mass is 16.5. The van der Waals surface area contributed by atoms with Gasteiger partial charge in [-0.15, -0.1) is 0 Å². The minimum absolute atomic E-state index is 0.161. The van der Waals surface area contributed by atoms with E-state index in [0.29, 0.717) is 48.6 Å². The molecule has 1 aliphatic heterocycles. The molecule has 3 heterocycles. The van der Waals surface area contributed by atoms with Crippen LogP contribution in [0.5, 0.6) is 5.75 Å². The van der Waals surface area contributed by atoms with Gasteiger partial charge in [0.1, 0.15) is 11.2 Å². The minimum Gasteiger partial charge on any atom is -0.495 e. The number of carbonyl (C=O) groups is 2. The maximum Gasteiger partial charge on any atom is 0.253 e. The van der Waals surface area contributed by atoms with Gasteiger partial charge in [0.2, 0.25) is 5.91 Å². The first kappa shape index (κ1) is 22.3. The predicted molar refractivity (Wildman–Crippen MR) is 125 cm³/mol. The van der Waals surface area contributed by atoms with Crippen molar-refractivity contribution in [3.05, 3.63) is 83.9 Å². The lowest BCUT2D eigenvalue weighted by molar-refractivity contribution is -0.125. The van der Waals surface area contributed by atoms with Crippen molar-refractivity contribution < 1.29 is 14.3 Å². The van der Waals surface area contributed by atoms with Crippen LogP contribution in [-0.4, -0.2) is 46.9 Å². The number of nitrogens with zero attached hydrogens (tertiary/aromatic N) is 3. The van der Waals surface area contributed by atoms with Gasteiger partial charge in [0.05, 0.1) is 18.5 Å². The van der Waals surface area contributed by atoms with Crippen LogP contribution in [0.1, 0.15) is 34.5 Å². The normalized spacial score (nSPS) is 17.9. The van der Waals surface area contributed by atoms with Crippen LogP contribution in [-0.2, 0) is 16.8 Å². The molecule has 8 heteroatoms. The van der Waals surface area contributed by atoms with Crippen LogP contribution >= 0.6 is 0 Å². The van der Waals surface area contributed by atoms with Crippen molar-refractivity contribution in [1.29, 1.82) is 0 Å². The number of hydrogen-bond acceptors (Lipinski definition) is 6. The van der Waals surface area contributed by atoms with Crippen LogP contribution in [0.4, 0.5) is 5.69 Å². The Balaban J connectivity index is 1.57. The Morgan fingerprint density at radius 3 is 2.67 bits per heavy atom. The van der Waals surface area contributed by atoms with Crippen molar-refractivity contribution in [2.45, 2.75) is 24.8 Å². The summed E-state index contributed by atoms with van der Waals surface area (Å²) in [7, 11) is 1.59. The van der Waals surface area contributed by atoms with E-state index in [0.717, 1.165) is 5.56 Å². The second kappa shape index (κ2) is 9.68. The summed E-state index contributed by atoms with van der Waals surface area (Å²) in [6, 6.07) is 14.6. The Morgan fingerprint density at radius 2 is 1.97 bits per heavy atom. The van der Waals surface area contributed by atoms with Crippen molar-refractivity contribution in [1.82, 2.24) is 14.9 Å². The molecule has 0 aliphatic carbocycles. The van der Waals surface area contributed by atoms with E-state index in [9.17, 15) is 9.59 Å². The molecular weight excluding hydrogens is 418 g/mol. The van der Waals surface area contributed by atoms with Gasteiger partial charge in [-0.2, -0.15) is 0 Å². The first-order valence-corrected chi connectivity index (χ1v) is 10.8. The predicted octanol–water partition coefficient (Wildman–Crippen LogP) is 2.76. The number of likely N-dealkylation sites (tertiary alicyclic amines) is 1. The zero-order chi connectivity index (χ0) is 23.3. The maximum absolute atomic E-state index is 13.4. The van der Waals surface area contributed by atoms with Gasteiger partial charge in [0.25, 0.3) is 5.91 Å². The van der Waals surface area contributed by atoms with E-state index in [1.807, 2.05) is 18.2 Å². The molecule has 1 fully saturated rings. The van der Waals surface area contributed by atoms with Crippen LogP contribution in [0.2, 0.25) is 0 Å². The summed E-state index contributed by atoms with van der Waals surface area (Å²) in [6.07, 6.45) is 6.33. The third kappa shape index (κ3) is 4.64. The molecule has 3 aromatic rings. The lowest BCUT2D eigenvalue weighted by atomic mass is 9.76. The number of anilines is 1. The molecule has 0 radical (unpaired) electrons. The minimum atomic E-state index is -0.996. The molecule has 0 saturated carbocycles. The lowest BCUT2D eigenvalue weighted by Gasteiger charge is -2.40. The van der Waals surface area contributed by atoms with Crippen molar-refractivity contribution >= 4 is 17.5 Å². The van der Waals surface area contributed by atoms with E-state index < -0.39 is 11.3 Å². The highest BCUT2D eigenvalue weighted by molar-refractivity contribution is 5.97. The number of piperidine rings is 1. The lowest BCUT2D eigenvalue weighted by Crippen LogP contribution is -2.55. The number of primary amides is 1. The average Bonchev–Trinajstić information content (AvgIpc) is 2.88. The Kier molecular flexibility index (Phi) is 6.53. The first-order chi connectivity index (χ1) is 16.0. The van der Waals surface area contributed by atoms with Crippen LogP contribution < -0.4 is 15.8 Å². The van der Waals surface area contributed by atoms with Gasteiger partial charge < -0.3 is 20.7 Å². The monoisotopic (exact) mass is 445 g/mol. The van der Waals surface area contributed by atoms with E-state index in [1.165, 1.54) is 0 Å². The molecule has 33 heavy (non-hydrogen) atoms. The molecule has 1 aromatic carbocycles. The Labute approximate surface area is 192 Å². The van der Waals surface area contributed by atoms with Crippen LogP contribution in [0.3, 0.4) is 0 Å². The quantitative estimate of drug-likeness (QED) is 0.579. The maximum atomic E-state index is 13.4. The van der Waals surface area contributed by atoms with E-state index in [2.05, 4.69) is 15.3 Å². The smallest absolute Gasteiger partial charge is 0.253 e. The van der Waals surface area contributed by atoms with Gasteiger partial charge in [0, 0.05) is 43.8 Å². The fourth-order valence-electron chi connectivity index (χ4n) is 4.27. The number of benzene rings is 1. The number of methoxy groups -OCH3 is 1. The molecule has 2 aromatic heterocycles. The highest BCUT2D eigenvalue weighted by Crippen LogP contribution is 2.34. The Bertz CT molecular complexity index is 1120. The summed E-state index contributed by atoms with van der Waals surface area (Å²) < 4.78 is 5.47. The fraction of sp³-hybridized carbons (Fsp3) is 0.280. The largest absolute Gasteiger partial charge is 0.495 e. The molecule has 4 rings (SSSR count). The molecular formula is C25H27N5O3. The highest BCUT2D eigenvalue weighted by Gasteiger charge is 2.44. The summed E-state index contributed by atoms with van der Waals surface area (Å²) in [5.74, 6) is 0.0122. The third-order valence-electron chi connectivity index (χ3n) is 6.09. The van der Waals surface area contributed by atoms with Gasteiger partial charge in [-0.05, 0) is 60.9 Å². The number of aromatic nitrogens is 2. The number of amides is 2. The third-order valence-corrected chi connectivity index (χ3v) is 6.09. The molecule has 0 unspecified atom stereocenters. The van der Waals surface area contributed by atoms with Crippen LogP contribution in [0, 0.1) is 0 Å². The van der Waals surface area contributed by atoms with Crippen molar-refractivity contribution in [3.63, 3.8) is 0 Å². The fourth-order valence-corrected chi connectivity index (χ4v) is 4.27. The zero-order valence-electron chi connectivity index (χ0n) is 18.5. The van der Waals surface area contributed by atoms with Gasteiger partial charge in [-0.1, -0.05) is 6.07 Å². The van der Waals surface area contributed by atoms with Gasteiger partial charge in [-0.25, -0.2) is 0 Å². The molecule has 2 amide bonds. The van der Waals surface area contributed by atoms with E-state index in [1.54, 1.807) is 60.9 Å². The molecule has 1 aliphatic rings. The summed E-state index contributed by atoms with van der Waals surface area (Å²) in [4.78, 5) is 36.1. The van der Waals surface area contributed by atoms with Crippen molar-refractivity contribution in [3.8, 4) is 5.75 Å². The van der Waals surface area contributed by atoms with Crippen LogP contribution in [0.15, 0.2) is 67.1 Å². The van der Waals surface area contributed by atoms with Gasteiger partial charge in [-0.3, -0.25) is 19.6 Å². The standard InChI is InChI=1S/C25H27N5O3/c1-33-21-7-6-19(15-20(21)29-16-18-8-12-27-13-9-18)23(31)30-14-4-10-25(17-30,24(26)32)22-5-2-3-11-28-22/h2-3,5-9,11-13,15,29H,4,10,14,16-17H2,1H3,(H2,26,32)/t25-/m0/s1. The average molecular weight is 446 g/mol. The molecule has 0 spiro atoms. The molecule has 1 saturated heterocycles. The second-order valence-electron chi connectivity index (χ2n) is 8.12. The zero-order valence-corrected chi connectivity index (χ0v) is 18.5. The summed E-state index contributed by atoms with van der Waals surface area (Å²) >= 11 is 0. The summed E-state index contributed by atoms with van der Waals surface area (Å²) in [5.41, 5.74) is 7.73. The Hall–Kier alpha value is -3.94. The summed E-state index contributed by atoms with van der Waals surface area (Å²) in [5, 5.41) is 3.33. The van der Waals surface area contributed by atoms with Gasteiger partial charge in [0.15, 0.2) is 0 Å². The number of ether oxygens (including phenoxy) is 1. The summed E-state index contributed by atoms with van der Waals surface area (Å²) in [6.45, 7) is 1.31. The number of nitrogens with two attached hydrogens (primary N) is 1. The van der Waals surface area contributed by atoms with Crippen LogP contribution in [0.25, 0.3) is 0 Å². The van der Waals surface area contributed by atoms with Crippen molar-refractivity contribution in [2.24, 2.45) is 5.73 Å². The van der Waals surface area contributed by atoms with E-state index in [4.69, 9.17) is 10.5 Å². The molecule has 3 N–H and O–H groups in total. The number of carbonyl (C=O) groups excluding carboxylic acids is 2. The van der Waals surface area contributed by atoms with E-state index in [-0.39, 0.29) is 12.5 Å². The topological polar surface area (TPSA) is 110 Å². The van der Waals surface area contributed by atoms with Gasteiger partial charge >= 0.3 is 0 Å². The Morgan fingerprint density at radius 1 is 1.15 bits per heavy atom. The molecule has 8 nitrogen and oxygen atoms in total.